The molecule has 0 aliphatic heterocycles. The second kappa shape index (κ2) is 4.99. The van der Waals surface area contributed by atoms with Crippen LogP contribution in [0.25, 0.3) is 0 Å². The maximum Gasteiger partial charge on any atom is 0.230 e. The molecule has 2 nitrogen and oxygen atoms in total. The lowest BCUT2D eigenvalue weighted by Crippen LogP contribution is -2.24. The van der Waals surface area contributed by atoms with Crippen molar-refractivity contribution >= 4 is 37.8 Å². The number of hydrogen-bond acceptors (Lipinski definition) is 1. The highest BCUT2D eigenvalue weighted by Gasteiger charge is 1.94. The summed E-state index contributed by atoms with van der Waals surface area (Å²) in [6, 6.07) is 0. The van der Waals surface area contributed by atoms with Gasteiger partial charge in [-0.05, 0) is 0 Å². The molecule has 0 atom stereocenters. The normalized spacial score (nSPS) is 8.67. The molecule has 0 radical (unpaired) electrons. The lowest BCUT2D eigenvalue weighted by atomic mass is 10.6. The van der Waals surface area contributed by atoms with E-state index in [9.17, 15) is 4.79 Å². The Morgan fingerprint density at radius 3 is 2.56 bits per heavy atom. The molecule has 52 valence electrons. The van der Waals surface area contributed by atoms with Crippen molar-refractivity contribution < 1.29 is 4.79 Å². The summed E-state index contributed by atoms with van der Waals surface area (Å²) in [7, 11) is 0. The van der Waals surface area contributed by atoms with E-state index in [1.54, 1.807) is 0 Å². The molecule has 0 aliphatic rings. The predicted molar refractivity (Wildman–Crippen MR) is 44.9 cm³/mol. The summed E-state index contributed by atoms with van der Waals surface area (Å²) in [6.45, 7) is 4.04. The highest BCUT2D eigenvalue weighted by Crippen LogP contribution is 1.96. The van der Waals surface area contributed by atoms with E-state index in [-0.39, 0.29) is 5.91 Å². The molecular formula is C5H7Br2NO. The van der Waals surface area contributed by atoms with Gasteiger partial charge in [-0.1, -0.05) is 38.4 Å². The smallest absolute Gasteiger partial charge is 0.230 e. The molecule has 4 heteroatoms. The van der Waals surface area contributed by atoms with Crippen molar-refractivity contribution in [3.63, 3.8) is 0 Å². The molecule has 0 aromatic heterocycles. The third kappa shape index (κ3) is 6.05. The van der Waals surface area contributed by atoms with E-state index in [1.165, 1.54) is 0 Å². The SMILES string of the molecule is C=C(Br)CNC(=O)CBr. The summed E-state index contributed by atoms with van der Waals surface area (Å²) in [5, 5.41) is 2.94. The van der Waals surface area contributed by atoms with Crippen LogP contribution in [0.4, 0.5) is 0 Å². The molecule has 0 saturated carbocycles. The third-order valence-corrected chi connectivity index (χ3v) is 1.39. The minimum absolute atomic E-state index is 0.0319. The Kier molecular flexibility index (Phi) is 5.09. The lowest BCUT2D eigenvalue weighted by Gasteiger charge is -1.98. The number of halogens is 2. The molecule has 1 amide bonds. The van der Waals surface area contributed by atoms with E-state index in [0.717, 1.165) is 4.48 Å². The molecule has 1 N–H and O–H groups in total. The number of carbonyl (C=O) groups is 1. The summed E-state index contributed by atoms with van der Waals surface area (Å²) >= 11 is 6.12. The van der Waals surface area contributed by atoms with Gasteiger partial charge in [-0.3, -0.25) is 4.79 Å². The topological polar surface area (TPSA) is 29.1 Å². The molecule has 0 spiro atoms. The van der Waals surface area contributed by atoms with Crippen LogP contribution in [0.5, 0.6) is 0 Å². The number of carbonyl (C=O) groups excluding carboxylic acids is 1. The van der Waals surface area contributed by atoms with Crippen molar-refractivity contribution in [2.24, 2.45) is 0 Å². The first-order valence-corrected chi connectivity index (χ1v) is 4.24. The first-order valence-electron chi connectivity index (χ1n) is 2.32. The van der Waals surface area contributed by atoms with E-state index in [0.29, 0.717) is 11.9 Å². The van der Waals surface area contributed by atoms with Gasteiger partial charge in [0.15, 0.2) is 0 Å². The first kappa shape index (κ1) is 9.17. The van der Waals surface area contributed by atoms with Crippen LogP contribution in [0, 0.1) is 0 Å². The van der Waals surface area contributed by atoms with Crippen LogP contribution in [0.15, 0.2) is 11.1 Å². The molecule has 0 unspecified atom stereocenters. The fourth-order valence-electron chi connectivity index (χ4n) is 0.242. The second-order valence-electron chi connectivity index (χ2n) is 1.43. The minimum atomic E-state index is -0.0319. The van der Waals surface area contributed by atoms with Crippen molar-refractivity contribution in [2.75, 3.05) is 11.9 Å². The average molecular weight is 257 g/mol. The molecule has 0 heterocycles. The summed E-state index contributed by atoms with van der Waals surface area (Å²) in [5.41, 5.74) is 0. The third-order valence-electron chi connectivity index (χ3n) is 0.599. The fourth-order valence-corrected chi connectivity index (χ4v) is 0.580. The highest BCUT2D eigenvalue weighted by molar-refractivity contribution is 9.11. The van der Waals surface area contributed by atoms with Gasteiger partial charge in [0.05, 0.1) is 5.33 Å². The van der Waals surface area contributed by atoms with Crippen LogP contribution in [0.3, 0.4) is 0 Å². The number of amides is 1. The maximum absolute atomic E-state index is 10.5. The zero-order valence-corrected chi connectivity index (χ0v) is 7.96. The van der Waals surface area contributed by atoms with Crippen molar-refractivity contribution in [1.82, 2.24) is 5.32 Å². The standard InChI is InChI=1S/C5H7Br2NO/c1-4(7)3-8-5(9)2-6/h1-3H2,(H,8,9). The molecule has 0 aliphatic carbocycles. The maximum atomic E-state index is 10.5. The Balaban J connectivity index is 3.28. The number of rotatable bonds is 3. The Morgan fingerprint density at radius 1 is 1.67 bits per heavy atom. The molecule has 9 heavy (non-hydrogen) atoms. The second-order valence-corrected chi connectivity index (χ2v) is 3.11. The van der Waals surface area contributed by atoms with E-state index in [2.05, 4.69) is 43.8 Å². The van der Waals surface area contributed by atoms with Crippen LogP contribution in [0.1, 0.15) is 0 Å². The summed E-state index contributed by atoms with van der Waals surface area (Å²) in [5.74, 6) is -0.0319. The Morgan fingerprint density at radius 2 is 2.22 bits per heavy atom. The van der Waals surface area contributed by atoms with Gasteiger partial charge < -0.3 is 5.32 Å². The highest BCUT2D eigenvalue weighted by atomic mass is 79.9. The van der Waals surface area contributed by atoms with Gasteiger partial charge in [0, 0.05) is 11.0 Å². The van der Waals surface area contributed by atoms with Gasteiger partial charge in [0.1, 0.15) is 0 Å². The molecule has 0 fully saturated rings. The van der Waals surface area contributed by atoms with E-state index in [1.807, 2.05) is 0 Å². The first-order chi connectivity index (χ1) is 4.16. The number of nitrogens with one attached hydrogen (secondary N) is 1. The summed E-state index contributed by atoms with van der Waals surface area (Å²) < 4.78 is 0.775. The Bertz CT molecular complexity index is 124. The van der Waals surface area contributed by atoms with Gasteiger partial charge in [0.25, 0.3) is 0 Å². The predicted octanol–water partition coefficient (Wildman–Crippen LogP) is 1.41. The number of alkyl halides is 1. The van der Waals surface area contributed by atoms with Crippen molar-refractivity contribution in [1.29, 1.82) is 0 Å². The quantitative estimate of drug-likeness (QED) is 0.761. The molecular weight excluding hydrogens is 250 g/mol. The summed E-state index contributed by atoms with van der Waals surface area (Å²) in [6.07, 6.45) is 0. The van der Waals surface area contributed by atoms with Crippen LogP contribution in [0.2, 0.25) is 0 Å². The van der Waals surface area contributed by atoms with Crippen molar-refractivity contribution in [3.05, 3.63) is 11.1 Å². The van der Waals surface area contributed by atoms with Crippen molar-refractivity contribution in [2.45, 2.75) is 0 Å². The minimum Gasteiger partial charge on any atom is -0.351 e. The average Bonchev–Trinajstić information content (AvgIpc) is 1.83. The lowest BCUT2D eigenvalue weighted by molar-refractivity contribution is -0.118. The Hall–Kier alpha value is 0.170. The molecule has 0 aromatic carbocycles. The zero-order chi connectivity index (χ0) is 7.28. The summed E-state index contributed by atoms with van der Waals surface area (Å²) in [4.78, 5) is 10.5. The van der Waals surface area contributed by atoms with Crippen LogP contribution in [-0.4, -0.2) is 17.8 Å². The van der Waals surface area contributed by atoms with Gasteiger partial charge in [0.2, 0.25) is 5.91 Å². The van der Waals surface area contributed by atoms with Crippen molar-refractivity contribution in [3.8, 4) is 0 Å². The van der Waals surface area contributed by atoms with E-state index >= 15 is 0 Å². The fraction of sp³-hybridized carbons (Fsp3) is 0.400. The van der Waals surface area contributed by atoms with Gasteiger partial charge in [-0.15, -0.1) is 0 Å². The molecule has 0 rings (SSSR count). The van der Waals surface area contributed by atoms with Crippen LogP contribution < -0.4 is 5.32 Å². The van der Waals surface area contributed by atoms with Gasteiger partial charge in [-0.2, -0.15) is 0 Å². The zero-order valence-electron chi connectivity index (χ0n) is 4.79. The monoisotopic (exact) mass is 255 g/mol. The molecule has 0 saturated heterocycles. The van der Waals surface area contributed by atoms with E-state index < -0.39 is 0 Å². The van der Waals surface area contributed by atoms with E-state index in [4.69, 9.17) is 0 Å². The number of hydrogen-bond donors (Lipinski definition) is 1. The Labute approximate surface area is 71.0 Å². The van der Waals surface area contributed by atoms with Gasteiger partial charge >= 0.3 is 0 Å². The molecule has 0 bridgehead atoms. The van der Waals surface area contributed by atoms with Gasteiger partial charge in [-0.25, -0.2) is 0 Å². The molecule has 0 aromatic rings. The largest absolute Gasteiger partial charge is 0.351 e. The van der Waals surface area contributed by atoms with Crippen LogP contribution >= 0.6 is 31.9 Å². The van der Waals surface area contributed by atoms with Crippen LogP contribution in [-0.2, 0) is 4.79 Å².